The Morgan fingerprint density at radius 1 is 1.35 bits per heavy atom. The minimum Gasteiger partial charge on any atom is -0.396 e. The third-order valence-electron chi connectivity index (χ3n) is 3.88. The highest BCUT2D eigenvalue weighted by molar-refractivity contribution is 9.10. The SMILES string of the molecule is O=C(NC1CCCCCC1CO)c1cc(F)ccc1Br. The Morgan fingerprint density at radius 3 is 2.85 bits per heavy atom. The highest BCUT2D eigenvalue weighted by atomic mass is 79.9. The van der Waals surface area contributed by atoms with Crippen LogP contribution in [-0.2, 0) is 0 Å². The number of rotatable bonds is 3. The largest absolute Gasteiger partial charge is 0.396 e. The van der Waals surface area contributed by atoms with Crippen LogP contribution in [0.2, 0.25) is 0 Å². The molecule has 1 amide bonds. The van der Waals surface area contributed by atoms with E-state index in [4.69, 9.17) is 0 Å². The van der Waals surface area contributed by atoms with Crippen LogP contribution in [0.3, 0.4) is 0 Å². The lowest BCUT2D eigenvalue weighted by atomic mass is 9.95. The van der Waals surface area contributed by atoms with Gasteiger partial charge in [0, 0.05) is 23.0 Å². The van der Waals surface area contributed by atoms with E-state index in [2.05, 4.69) is 21.2 Å². The Hall–Kier alpha value is -0.940. The zero-order valence-corrected chi connectivity index (χ0v) is 12.8. The molecule has 3 nitrogen and oxygen atoms in total. The predicted octanol–water partition coefficient (Wildman–Crippen LogP) is 3.26. The number of nitrogens with one attached hydrogen (secondary N) is 1. The molecule has 20 heavy (non-hydrogen) atoms. The molecule has 1 aliphatic rings. The number of hydrogen-bond donors (Lipinski definition) is 2. The molecule has 1 aliphatic carbocycles. The van der Waals surface area contributed by atoms with E-state index >= 15 is 0 Å². The van der Waals surface area contributed by atoms with Gasteiger partial charge in [-0.2, -0.15) is 0 Å². The van der Waals surface area contributed by atoms with Crippen LogP contribution in [0.5, 0.6) is 0 Å². The summed E-state index contributed by atoms with van der Waals surface area (Å²) < 4.78 is 13.8. The summed E-state index contributed by atoms with van der Waals surface area (Å²) >= 11 is 3.27. The lowest BCUT2D eigenvalue weighted by Gasteiger charge is -2.24. The fourth-order valence-corrected chi connectivity index (χ4v) is 3.14. The van der Waals surface area contributed by atoms with Crippen LogP contribution < -0.4 is 5.32 Å². The maximum Gasteiger partial charge on any atom is 0.252 e. The van der Waals surface area contributed by atoms with E-state index in [9.17, 15) is 14.3 Å². The number of aliphatic hydroxyl groups is 1. The fraction of sp³-hybridized carbons (Fsp3) is 0.533. The molecule has 2 atom stereocenters. The first-order valence-electron chi connectivity index (χ1n) is 6.98. The lowest BCUT2D eigenvalue weighted by Crippen LogP contribution is -2.41. The van der Waals surface area contributed by atoms with Gasteiger partial charge in [-0.15, -0.1) is 0 Å². The summed E-state index contributed by atoms with van der Waals surface area (Å²) in [5.74, 6) is -0.631. The molecule has 0 aliphatic heterocycles. The van der Waals surface area contributed by atoms with Gasteiger partial charge in [-0.25, -0.2) is 4.39 Å². The molecule has 5 heteroatoms. The van der Waals surface area contributed by atoms with Gasteiger partial charge in [0.2, 0.25) is 0 Å². The van der Waals surface area contributed by atoms with Crippen LogP contribution in [0, 0.1) is 11.7 Å². The van der Waals surface area contributed by atoms with E-state index in [1.54, 1.807) is 0 Å². The highest BCUT2D eigenvalue weighted by Gasteiger charge is 2.25. The molecule has 1 fully saturated rings. The summed E-state index contributed by atoms with van der Waals surface area (Å²) in [5.41, 5.74) is 0.297. The van der Waals surface area contributed by atoms with Gasteiger partial charge in [0.25, 0.3) is 5.91 Å². The summed E-state index contributed by atoms with van der Waals surface area (Å²) in [6, 6.07) is 4.03. The second-order valence-electron chi connectivity index (χ2n) is 5.28. The first kappa shape index (κ1) is 15.4. The Kier molecular flexibility index (Phi) is 5.54. The van der Waals surface area contributed by atoms with Gasteiger partial charge < -0.3 is 10.4 Å². The van der Waals surface area contributed by atoms with Crippen molar-refractivity contribution in [1.82, 2.24) is 5.32 Å². The van der Waals surface area contributed by atoms with Crippen molar-refractivity contribution in [2.24, 2.45) is 5.92 Å². The van der Waals surface area contributed by atoms with Crippen molar-refractivity contribution < 1.29 is 14.3 Å². The number of amides is 1. The number of hydrogen-bond acceptors (Lipinski definition) is 2. The van der Waals surface area contributed by atoms with Gasteiger partial charge in [0.05, 0.1) is 5.56 Å². The molecule has 0 saturated heterocycles. The monoisotopic (exact) mass is 343 g/mol. The third kappa shape index (κ3) is 3.79. The second-order valence-corrected chi connectivity index (χ2v) is 6.14. The summed E-state index contributed by atoms with van der Waals surface area (Å²) in [5, 5.41) is 12.4. The highest BCUT2D eigenvalue weighted by Crippen LogP contribution is 2.24. The number of carbonyl (C=O) groups is 1. The van der Waals surface area contributed by atoms with Crippen LogP contribution >= 0.6 is 15.9 Å². The van der Waals surface area contributed by atoms with Crippen molar-refractivity contribution in [2.75, 3.05) is 6.61 Å². The van der Waals surface area contributed by atoms with E-state index in [0.29, 0.717) is 10.0 Å². The van der Waals surface area contributed by atoms with Crippen molar-refractivity contribution in [1.29, 1.82) is 0 Å². The van der Waals surface area contributed by atoms with Crippen molar-refractivity contribution in [2.45, 2.75) is 38.1 Å². The van der Waals surface area contributed by atoms with Gasteiger partial charge in [-0.3, -0.25) is 4.79 Å². The van der Waals surface area contributed by atoms with Gasteiger partial charge in [-0.1, -0.05) is 19.3 Å². The maximum absolute atomic E-state index is 13.3. The fourth-order valence-electron chi connectivity index (χ4n) is 2.71. The summed E-state index contributed by atoms with van der Waals surface area (Å²) in [6.45, 7) is 0.0786. The smallest absolute Gasteiger partial charge is 0.252 e. The number of benzene rings is 1. The molecular formula is C15H19BrFNO2. The normalized spacial score (nSPS) is 23.1. The predicted molar refractivity (Wildman–Crippen MR) is 79.0 cm³/mol. The molecular weight excluding hydrogens is 325 g/mol. The van der Waals surface area contributed by atoms with Crippen LogP contribution in [0.25, 0.3) is 0 Å². The number of halogens is 2. The molecule has 2 rings (SSSR count). The topological polar surface area (TPSA) is 49.3 Å². The van der Waals surface area contributed by atoms with Gasteiger partial charge >= 0.3 is 0 Å². The molecule has 0 heterocycles. The Labute approximate surface area is 126 Å². The van der Waals surface area contributed by atoms with Gasteiger partial charge in [0.15, 0.2) is 0 Å². The molecule has 1 aromatic rings. The summed E-state index contributed by atoms with van der Waals surface area (Å²) in [6.07, 6.45) is 5.05. The quantitative estimate of drug-likeness (QED) is 0.827. The molecule has 0 aromatic heterocycles. The Morgan fingerprint density at radius 2 is 2.10 bits per heavy atom. The van der Waals surface area contributed by atoms with Crippen molar-refractivity contribution >= 4 is 21.8 Å². The molecule has 1 saturated carbocycles. The molecule has 110 valence electrons. The van der Waals surface area contributed by atoms with Crippen molar-refractivity contribution in [3.63, 3.8) is 0 Å². The average molecular weight is 344 g/mol. The Balaban J connectivity index is 2.11. The first-order valence-corrected chi connectivity index (χ1v) is 7.78. The van der Waals surface area contributed by atoms with Crippen LogP contribution in [-0.4, -0.2) is 23.7 Å². The van der Waals surface area contributed by atoms with Crippen LogP contribution in [0.4, 0.5) is 4.39 Å². The first-order chi connectivity index (χ1) is 9.61. The van der Waals surface area contributed by atoms with Gasteiger partial charge in [0.1, 0.15) is 5.82 Å². The summed E-state index contributed by atoms with van der Waals surface area (Å²) in [4.78, 5) is 12.3. The average Bonchev–Trinajstić information content (AvgIpc) is 2.66. The molecule has 2 unspecified atom stereocenters. The molecule has 0 bridgehead atoms. The van der Waals surface area contributed by atoms with Gasteiger partial charge in [-0.05, 0) is 47.0 Å². The van der Waals surface area contributed by atoms with E-state index in [1.807, 2.05) is 0 Å². The molecule has 1 aromatic carbocycles. The lowest BCUT2D eigenvalue weighted by molar-refractivity contribution is 0.0898. The van der Waals surface area contributed by atoms with E-state index in [-0.39, 0.29) is 24.5 Å². The maximum atomic E-state index is 13.3. The zero-order chi connectivity index (χ0) is 14.5. The zero-order valence-electron chi connectivity index (χ0n) is 11.2. The van der Waals surface area contributed by atoms with Crippen LogP contribution in [0.15, 0.2) is 22.7 Å². The minimum atomic E-state index is -0.432. The molecule has 0 spiro atoms. The number of aliphatic hydroxyl groups excluding tert-OH is 1. The standard InChI is InChI=1S/C15H19BrFNO2/c16-13-7-6-11(17)8-12(13)15(20)18-14-5-3-1-2-4-10(14)9-19/h6-8,10,14,19H,1-5,9H2,(H,18,20). The Bertz CT molecular complexity index is 481. The van der Waals surface area contributed by atoms with E-state index in [0.717, 1.165) is 32.1 Å². The third-order valence-corrected chi connectivity index (χ3v) is 4.57. The van der Waals surface area contributed by atoms with Crippen LogP contribution in [0.1, 0.15) is 42.5 Å². The summed E-state index contributed by atoms with van der Waals surface area (Å²) in [7, 11) is 0. The van der Waals surface area contributed by atoms with Crippen molar-refractivity contribution in [3.8, 4) is 0 Å². The molecule has 0 radical (unpaired) electrons. The van der Waals surface area contributed by atoms with E-state index in [1.165, 1.54) is 18.2 Å². The minimum absolute atomic E-state index is 0.0369. The molecule has 2 N–H and O–H groups in total. The second kappa shape index (κ2) is 7.18. The van der Waals surface area contributed by atoms with E-state index < -0.39 is 5.82 Å². The van der Waals surface area contributed by atoms with Crippen molar-refractivity contribution in [3.05, 3.63) is 34.1 Å². The number of carbonyl (C=O) groups excluding carboxylic acids is 1.